The molecule has 8 heteroatoms. The third-order valence-corrected chi connectivity index (χ3v) is 8.29. The van der Waals surface area contributed by atoms with E-state index in [1.807, 2.05) is 43.3 Å². The monoisotopic (exact) mass is 563 g/mol. The van der Waals surface area contributed by atoms with Crippen molar-refractivity contribution in [3.8, 4) is 0 Å². The minimum atomic E-state index is -0.517. The molecular weight excluding hydrogens is 530 g/mol. The van der Waals surface area contributed by atoms with Gasteiger partial charge in [0, 0.05) is 32.9 Å². The second kappa shape index (κ2) is 11.2. The second-order valence-electron chi connectivity index (χ2n) is 10.9. The Hall–Kier alpha value is -4.43. The number of nitrogens with one attached hydrogen (secondary N) is 3. The first kappa shape index (κ1) is 26.8. The molecule has 6 rings (SSSR count). The summed E-state index contributed by atoms with van der Waals surface area (Å²) in [5.41, 5.74) is 8.68. The number of carbonyl (C=O) groups excluding carboxylic acids is 2. The SMILES string of the molecule is CN(C)c1ccc(CC(=O)N2CCC[C@H]2C(=O)NNC(=S)NCc2ccc3ccc4cccc5ccc2c3c45)cc1. The van der Waals surface area contributed by atoms with Gasteiger partial charge in [0.2, 0.25) is 5.91 Å². The average molecular weight is 564 g/mol. The van der Waals surface area contributed by atoms with Gasteiger partial charge in [-0.1, -0.05) is 66.7 Å². The molecule has 0 spiro atoms. The highest BCUT2D eigenvalue weighted by atomic mass is 32.1. The Bertz CT molecular complexity index is 1730. The van der Waals surface area contributed by atoms with Crippen LogP contribution in [0, 0.1) is 0 Å². The summed E-state index contributed by atoms with van der Waals surface area (Å²) in [5, 5.41) is 10.9. The number of hydrazine groups is 1. The number of hydrogen-bond acceptors (Lipinski definition) is 4. The van der Waals surface area contributed by atoms with Crippen LogP contribution in [0.4, 0.5) is 5.69 Å². The van der Waals surface area contributed by atoms with Crippen LogP contribution in [0.15, 0.2) is 78.9 Å². The molecule has 208 valence electrons. The van der Waals surface area contributed by atoms with E-state index in [0.29, 0.717) is 24.6 Å². The Morgan fingerprint density at radius 2 is 1.56 bits per heavy atom. The molecule has 0 radical (unpaired) electrons. The van der Waals surface area contributed by atoms with Crippen molar-refractivity contribution < 1.29 is 9.59 Å². The molecule has 1 fully saturated rings. The van der Waals surface area contributed by atoms with Crippen molar-refractivity contribution in [3.63, 3.8) is 0 Å². The molecular formula is C33H33N5O2S. The van der Waals surface area contributed by atoms with Crippen molar-refractivity contribution in [1.29, 1.82) is 0 Å². The standard InChI is InChI=1S/C33H33N5O2S/c1-37(2)26-15-8-21(9-16-26)19-29(39)38-18-4-7-28(38)32(40)35-36-33(41)34-20-25-13-12-24-11-10-22-5-3-6-23-14-17-27(25)31(24)30(22)23/h3,5-6,8-17,28H,4,7,18-20H2,1-2H3,(H,35,40)(H2,34,36,41)/t28-/m0/s1. The van der Waals surface area contributed by atoms with Crippen molar-refractivity contribution in [3.05, 3.63) is 90.0 Å². The summed E-state index contributed by atoms with van der Waals surface area (Å²) in [7, 11) is 3.96. The highest BCUT2D eigenvalue weighted by molar-refractivity contribution is 7.80. The molecule has 0 saturated carbocycles. The van der Waals surface area contributed by atoms with Crippen molar-refractivity contribution in [1.82, 2.24) is 21.1 Å². The number of nitrogens with zero attached hydrogens (tertiary/aromatic N) is 2. The maximum atomic E-state index is 13.1. The van der Waals surface area contributed by atoms with Gasteiger partial charge < -0.3 is 15.1 Å². The van der Waals surface area contributed by atoms with Crippen molar-refractivity contribution in [2.45, 2.75) is 31.8 Å². The van der Waals surface area contributed by atoms with Gasteiger partial charge >= 0.3 is 0 Å². The van der Waals surface area contributed by atoms with Crippen LogP contribution in [0.1, 0.15) is 24.0 Å². The topological polar surface area (TPSA) is 76.7 Å². The number of amides is 2. The maximum Gasteiger partial charge on any atom is 0.261 e. The third kappa shape index (κ3) is 5.35. The van der Waals surface area contributed by atoms with Crippen LogP contribution in [0.25, 0.3) is 32.3 Å². The number of benzene rings is 5. The van der Waals surface area contributed by atoms with Gasteiger partial charge in [-0.15, -0.1) is 0 Å². The number of rotatable bonds is 6. The van der Waals surface area contributed by atoms with Crippen LogP contribution < -0.4 is 21.1 Å². The van der Waals surface area contributed by atoms with E-state index in [4.69, 9.17) is 12.2 Å². The lowest BCUT2D eigenvalue weighted by Gasteiger charge is -2.24. The van der Waals surface area contributed by atoms with Crippen molar-refractivity contribution in [2.75, 3.05) is 25.5 Å². The molecule has 0 bridgehead atoms. The predicted octanol–water partition coefficient (Wildman–Crippen LogP) is 4.88. The van der Waals surface area contributed by atoms with Crippen molar-refractivity contribution in [2.24, 2.45) is 0 Å². The van der Waals surface area contributed by atoms with Gasteiger partial charge in [-0.25, -0.2) is 0 Å². The van der Waals surface area contributed by atoms with E-state index >= 15 is 0 Å². The van der Waals surface area contributed by atoms with E-state index in [-0.39, 0.29) is 18.2 Å². The van der Waals surface area contributed by atoms with Gasteiger partial charge in [0.05, 0.1) is 6.42 Å². The van der Waals surface area contributed by atoms with E-state index < -0.39 is 6.04 Å². The first-order valence-electron chi connectivity index (χ1n) is 13.9. The number of anilines is 1. The molecule has 7 nitrogen and oxygen atoms in total. The molecule has 5 aromatic rings. The number of likely N-dealkylation sites (tertiary alicyclic amines) is 1. The number of hydrogen-bond donors (Lipinski definition) is 3. The fourth-order valence-electron chi connectivity index (χ4n) is 5.90. The maximum absolute atomic E-state index is 13.1. The van der Waals surface area contributed by atoms with Gasteiger partial charge in [-0.3, -0.25) is 20.4 Å². The van der Waals surface area contributed by atoms with Crippen LogP contribution >= 0.6 is 12.2 Å². The summed E-state index contributed by atoms with van der Waals surface area (Å²) in [4.78, 5) is 29.8. The number of thiocarbonyl (C=S) groups is 1. The summed E-state index contributed by atoms with van der Waals surface area (Å²) in [6.07, 6.45) is 1.69. The van der Waals surface area contributed by atoms with E-state index in [0.717, 1.165) is 23.2 Å². The fraction of sp³-hybridized carbons (Fsp3) is 0.242. The van der Waals surface area contributed by atoms with Gasteiger partial charge in [-0.2, -0.15) is 0 Å². The molecule has 5 aromatic carbocycles. The molecule has 1 aliphatic rings. The van der Waals surface area contributed by atoms with E-state index in [2.05, 4.69) is 70.8 Å². The van der Waals surface area contributed by atoms with E-state index in [1.54, 1.807) is 4.90 Å². The average Bonchev–Trinajstić information content (AvgIpc) is 3.49. The van der Waals surface area contributed by atoms with Crippen LogP contribution in [-0.2, 0) is 22.6 Å². The second-order valence-corrected chi connectivity index (χ2v) is 11.3. The van der Waals surface area contributed by atoms with Gasteiger partial charge in [0.25, 0.3) is 5.91 Å². The zero-order valence-electron chi connectivity index (χ0n) is 23.2. The smallest absolute Gasteiger partial charge is 0.261 e. The number of carbonyl (C=O) groups is 2. The zero-order chi connectivity index (χ0) is 28.5. The Morgan fingerprint density at radius 1 is 0.878 bits per heavy atom. The lowest BCUT2D eigenvalue weighted by Crippen LogP contribution is -2.53. The largest absolute Gasteiger partial charge is 0.378 e. The Balaban J connectivity index is 1.06. The zero-order valence-corrected chi connectivity index (χ0v) is 24.1. The van der Waals surface area contributed by atoms with Gasteiger partial charge in [-0.05, 0) is 80.6 Å². The quantitative estimate of drug-likeness (QED) is 0.155. The molecule has 1 aliphatic heterocycles. The Morgan fingerprint density at radius 3 is 2.29 bits per heavy atom. The molecule has 1 atom stereocenters. The van der Waals surface area contributed by atoms with Crippen LogP contribution in [0.2, 0.25) is 0 Å². The van der Waals surface area contributed by atoms with Crippen molar-refractivity contribution >= 4 is 67.1 Å². The van der Waals surface area contributed by atoms with E-state index in [1.165, 1.54) is 32.3 Å². The third-order valence-electron chi connectivity index (χ3n) is 8.04. The lowest BCUT2D eigenvalue weighted by atomic mass is 9.92. The fourth-order valence-corrected chi connectivity index (χ4v) is 6.02. The molecule has 0 unspecified atom stereocenters. The molecule has 0 aliphatic carbocycles. The lowest BCUT2D eigenvalue weighted by molar-refractivity contribution is -0.138. The minimum absolute atomic E-state index is 0.0463. The highest BCUT2D eigenvalue weighted by Gasteiger charge is 2.34. The van der Waals surface area contributed by atoms with Gasteiger partial charge in [0.15, 0.2) is 5.11 Å². The molecule has 1 heterocycles. The molecule has 2 amide bonds. The highest BCUT2D eigenvalue weighted by Crippen LogP contribution is 2.35. The molecule has 41 heavy (non-hydrogen) atoms. The summed E-state index contributed by atoms with van der Waals surface area (Å²) in [5.74, 6) is -0.305. The molecule has 3 N–H and O–H groups in total. The van der Waals surface area contributed by atoms with E-state index in [9.17, 15) is 9.59 Å². The normalized spacial score (nSPS) is 15.0. The van der Waals surface area contributed by atoms with Crippen LogP contribution in [0.5, 0.6) is 0 Å². The van der Waals surface area contributed by atoms with Crippen LogP contribution in [-0.4, -0.2) is 48.5 Å². The first-order valence-corrected chi connectivity index (χ1v) is 14.3. The summed E-state index contributed by atoms with van der Waals surface area (Å²) in [6.45, 7) is 1.08. The van der Waals surface area contributed by atoms with Crippen LogP contribution in [0.3, 0.4) is 0 Å². The molecule has 0 aromatic heterocycles. The predicted molar refractivity (Wildman–Crippen MR) is 170 cm³/mol. The minimum Gasteiger partial charge on any atom is -0.378 e. The summed E-state index contributed by atoms with van der Waals surface area (Å²) < 4.78 is 0. The Kier molecular flexibility index (Phi) is 7.32. The first-order chi connectivity index (χ1) is 19.9. The Labute approximate surface area is 244 Å². The summed E-state index contributed by atoms with van der Waals surface area (Å²) >= 11 is 5.47. The molecule has 1 saturated heterocycles. The summed E-state index contributed by atoms with van der Waals surface area (Å²) in [6, 6.07) is 26.7. The van der Waals surface area contributed by atoms with Gasteiger partial charge in [0.1, 0.15) is 6.04 Å².